The number of ether oxygens (including phenoxy) is 1. The average Bonchev–Trinajstić information content (AvgIpc) is 2.63. The Bertz CT molecular complexity index is 911. The summed E-state index contributed by atoms with van der Waals surface area (Å²) >= 11 is 12.2. The number of rotatable bonds is 4. The van der Waals surface area contributed by atoms with Gasteiger partial charge in [0.1, 0.15) is 5.75 Å². The zero-order chi connectivity index (χ0) is 18.9. The van der Waals surface area contributed by atoms with E-state index in [-0.39, 0.29) is 9.92 Å². The highest BCUT2D eigenvalue weighted by atomic mass is 35.5. The summed E-state index contributed by atoms with van der Waals surface area (Å²) in [7, 11) is -2.10. The number of hydrogen-bond donors (Lipinski definition) is 0. The van der Waals surface area contributed by atoms with E-state index in [0.717, 1.165) is 11.3 Å². The van der Waals surface area contributed by atoms with Gasteiger partial charge in [0.15, 0.2) is 0 Å². The first kappa shape index (κ1) is 19.3. The number of hydrogen-bond acceptors (Lipinski definition) is 4. The molecule has 0 aromatic heterocycles. The lowest BCUT2D eigenvalue weighted by Gasteiger charge is -2.36. The van der Waals surface area contributed by atoms with E-state index in [1.807, 2.05) is 25.1 Å². The molecule has 1 fully saturated rings. The van der Waals surface area contributed by atoms with Crippen molar-refractivity contribution in [2.45, 2.75) is 11.8 Å². The van der Waals surface area contributed by atoms with Gasteiger partial charge in [-0.25, -0.2) is 8.42 Å². The minimum absolute atomic E-state index is 0.177. The molecule has 0 atom stereocenters. The van der Waals surface area contributed by atoms with Gasteiger partial charge in [-0.2, -0.15) is 4.31 Å². The zero-order valence-corrected chi connectivity index (χ0v) is 16.9. The van der Waals surface area contributed by atoms with E-state index >= 15 is 0 Å². The van der Waals surface area contributed by atoms with Crippen molar-refractivity contribution < 1.29 is 13.2 Å². The first-order chi connectivity index (χ1) is 12.3. The van der Waals surface area contributed by atoms with Crippen molar-refractivity contribution in [3.63, 3.8) is 0 Å². The largest absolute Gasteiger partial charge is 0.495 e. The third-order valence-electron chi connectivity index (χ3n) is 4.51. The summed E-state index contributed by atoms with van der Waals surface area (Å²) in [5, 5.41) is 0.954. The topological polar surface area (TPSA) is 49.9 Å². The Hall–Kier alpha value is -1.47. The van der Waals surface area contributed by atoms with Crippen LogP contribution >= 0.6 is 23.2 Å². The highest BCUT2D eigenvalue weighted by molar-refractivity contribution is 7.89. The smallest absolute Gasteiger partial charge is 0.243 e. The minimum Gasteiger partial charge on any atom is -0.495 e. The molecule has 1 saturated heterocycles. The molecule has 8 heteroatoms. The fourth-order valence-corrected chi connectivity index (χ4v) is 4.99. The maximum Gasteiger partial charge on any atom is 0.243 e. The molecule has 1 aliphatic rings. The third-order valence-corrected chi connectivity index (χ3v) is 6.94. The molecule has 0 spiro atoms. The average molecular weight is 415 g/mol. The normalized spacial score (nSPS) is 15.9. The number of halogens is 2. The van der Waals surface area contributed by atoms with Gasteiger partial charge in [-0.05, 0) is 42.8 Å². The van der Waals surface area contributed by atoms with E-state index in [4.69, 9.17) is 27.9 Å². The van der Waals surface area contributed by atoms with E-state index in [1.54, 1.807) is 6.07 Å². The van der Waals surface area contributed by atoms with Gasteiger partial charge in [-0.1, -0.05) is 29.3 Å². The Morgan fingerprint density at radius 3 is 2.31 bits per heavy atom. The summed E-state index contributed by atoms with van der Waals surface area (Å²) < 4.78 is 32.4. The summed E-state index contributed by atoms with van der Waals surface area (Å²) in [5.74, 6) is 0.451. The van der Waals surface area contributed by atoms with Gasteiger partial charge < -0.3 is 9.64 Å². The maximum absolute atomic E-state index is 12.9. The van der Waals surface area contributed by atoms with Gasteiger partial charge in [0.05, 0.1) is 17.0 Å². The second-order valence-corrected chi connectivity index (χ2v) is 8.90. The van der Waals surface area contributed by atoms with Crippen LogP contribution in [0.5, 0.6) is 5.75 Å². The van der Waals surface area contributed by atoms with Gasteiger partial charge in [0.25, 0.3) is 0 Å². The van der Waals surface area contributed by atoms with Crippen LogP contribution in [0.1, 0.15) is 5.56 Å². The van der Waals surface area contributed by atoms with Gasteiger partial charge in [0.2, 0.25) is 10.0 Å². The molecule has 2 aromatic rings. The van der Waals surface area contributed by atoms with E-state index in [0.29, 0.717) is 37.0 Å². The maximum atomic E-state index is 12.9. The Labute approximate surface area is 164 Å². The molecule has 26 heavy (non-hydrogen) atoms. The standard InChI is InChI=1S/C18H20Cl2N2O3S/c1-13-3-4-14(19)11-17(13)21-7-9-22(10-8-21)26(23,24)15-5-6-18(25-2)16(20)12-15/h3-6,11-12H,7-10H2,1-2H3. The second kappa shape index (κ2) is 7.64. The van der Waals surface area contributed by atoms with Gasteiger partial charge in [-0.3, -0.25) is 0 Å². The molecule has 140 valence electrons. The number of nitrogens with zero attached hydrogens (tertiary/aromatic N) is 2. The molecule has 0 N–H and O–H groups in total. The number of sulfonamides is 1. The third kappa shape index (κ3) is 3.78. The van der Waals surface area contributed by atoms with E-state index in [1.165, 1.54) is 23.5 Å². The van der Waals surface area contributed by atoms with Crippen LogP contribution in [0.2, 0.25) is 10.0 Å². The van der Waals surface area contributed by atoms with Crippen molar-refractivity contribution >= 4 is 38.9 Å². The molecule has 0 radical (unpaired) electrons. The van der Waals surface area contributed by atoms with Crippen LogP contribution in [-0.4, -0.2) is 46.0 Å². The van der Waals surface area contributed by atoms with Crippen molar-refractivity contribution in [2.24, 2.45) is 0 Å². The monoisotopic (exact) mass is 414 g/mol. The number of anilines is 1. The Kier molecular flexibility index (Phi) is 5.67. The predicted molar refractivity (Wildman–Crippen MR) is 105 cm³/mol. The molecule has 1 heterocycles. The van der Waals surface area contributed by atoms with Crippen molar-refractivity contribution in [3.8, 4) is 5.75 Å². The van der Waals surface area contributed by atoms with Crippen LogP contribution in [0.15, 0.2) is 41.3 Å². The van der Waals surface area contributed by atoms with Crippen LogP contribution in [0.3, 0.4) is 0 Å². The Morgan fingerprint density at radius 2 is 1.69 bits per heavy atom. The van der Waals surface area contributed by atoms with Crippen molar-refractivity contribution in [2.75, 3.05) is 38.2 Å². The van der Waals surface area contributed by atoms with Gasteiger partial charge in [-0.15, -0.1) is 0 Å². The number of methoxy groups -OCH3 is 1. The Morgan fingerprint density at radius 1 is 1.00 bits per heavy atom. The summed E-state index contributed by atoms with van der Waals surface area (Å²) in [5.41, 5.74) is 2.16. The summed E-state index contributed by atoms with van der Waals surface area (Å²) in [4.78, 5) is 2.34. The van der Waals surface area contributed by atoms with Crippen LogP contribution in [0, 0.1) is 6.92 Å². The first-order valence-corrected chi connectivity index (χ1v) is 10.4. The number of aryl methyl sites for hydroxylation is 1. The van der Waals surface area contributed by atoms with E-state index < -0.39 is 10.0 Å². The van der Waals surface area contributed by atoms with E-state index in [2.05, 4.69) is 4.90 Å². The molecule has 3 rings (SSSR count). The van der Waals surface area contributed by atoms with Crippen LogP contribution in [-0.2, 0) is 10.0 Å². The first-order valence-electron chi connectivity index (χ1n) is 8.17. The van der Waals surface area contributed by atoms with Crippen molar-refractivity contribution in [1.29, 1.82) is 0 Å². The minimum atomic E-state index is -3.59. The zero-order valence-electron chi connectivity index (χ0n) is 14.6. The molecule has 1 aliphatic heterocycles. The van der Waals surface area contributed by atoms with Crippen molar-refractivity contribution in [3.05, 3.63) is 52.0 Å². The van der Waals surface area contributed by atoms with Crippen LogP contribution < -0.4 is 9.64 Å². The van der Waals surface area contributed by atoms with E-state index in [9.17, 15) is 8.42 Å². The summed E-state index contributed by atoms with van der Waals surface area (Å²) in [6.07, 6.45) is 0. The van der Waals surface area contributed by atoms with Gasteiger partial charge >= 0.3 is 0 Å². The lowest BCUT2D eigenvalue weighted by atomic mass is 10.1. The lowest BCUT2D eigenvalue weighted by molar-refractivity contribution is 0.384. The molecular weight excluding hydrogens is 395 g/mol. The van der Waals surface area contributed by atoms with Crippen LogP contribution in [0.4, 0.5) is 5.69 Å². The summed E-state index contributed by atoms with van der Waals surface area (Å²) in [6.45, 7) is 4.03. The quantitative estimate of drug-likeness (QED) is 0.762. The van der Waals surface area contributed by atoms with Gasteiger partial charge in [0, 0.05) is 36.9 Å². The lowest BCUT2D eigenvalue weighted by Crippen LogP contribution is -2.48. The molecule has 0 unspecified atom stereocenters. The van der Waals surface area contributed by atoms with Crippen molar-refractivity contribution in [1.82, 2.24) is 4.31 Å². The van der Waals surface area contributed by atoms with Crippen LogP contribution in [0.25, 0.3) is 0 Å². The molecule has 2 aromatic carbocycles. The molecule has 5 nitrogen and oxygen atoms in total. The SMILES string of the molecule is COc1ccc(S(=O)(=O)N2CCN(c3cc(Cl)ccc3C)CC2)cc1Cl. The fraction of sp³-hybridized carbons (Fsp3) is 0.333. The second-order valence-electron chi connectivity index (χ2n) is 6.12. The molecule has 0 bridgehead atoms. The fourth-order valence-electron chi connectivity index (χ4n) is 3.05. The molecular formula is C18H20Cl2N2O3S. The molecule has 0 amide bonds. The number of piperazine rings is 1. The number of benzene rings is 2. The highest BCUT2D eigenvalue weighted by Gasteiger charge is 2.29. The highest BCUT2D eigenvalue weighted by Crippen LogP contribution is 2.30. The predicted octanol–water partition coefficient (Wildman–Crippen LogP) is 3.82. The Balaban J connectivity index is 1.76. The summed E-state index contributed by atoms with van der Waals surface area (Å²) in [6, 6.07) is 10.3. The molecule has 0 saturated carbocycles. The molecule has 0 aliphatic carbocycles.